The van der Waals surface area contributed by atoms with Gasteiger partial charge in [-0.1, -0.05) is 12.1 Å². The minimum atomic E-state index is -0.342. The van der Waals surface area contributed by atoms with Gasteiger partial charge in [-0.05, 0) is 41.3 Å². The number of rotatable bonds is 6. The van der Waals surface area contributed by atoms with Gasteiger partial charge in [-0.3, -0.25) is 4.79 Å². The van der Waals surface area contributed by atoms with Crippen LogP contribution in [0.15, 0.2) is 42.7 Å². The third-order valence-corrected chi connectivity index (χ3v) is 3.88. The Morgan fingerprint density at radius 3 is 2.91 bits per heavy atom. The lowest BCUT2D eigenvalue weighted by molar-refractivity contribution is -0.105. The summed E-state index contributed by atoms with van der Waals surface area (Å²) in [6.45, 7) is 0. The van der Waals surface area contributed by atoms with Gasteiger partial charge in [-0.25, -0.2) is 9.37 Å². The number of aromatic nitrogens is 2. The van der Waals surface area contributed by atoms with Gasteiger partial charge >= 0.3 is 0 Å². The molecule has 0 saturated carbocycles. The van der Waals surface area contributed by atoms with Crippen molar-refractivity contribution in [3.63, 3.8) is 0 Å². The Balaban J connectivity index is 2.05. The molecule has 118 valence electrons. The maximum Gasteiger partial charge on any atom is 0.212 e. The van der Waals surface area contributed by atoms with E-state index in [1.165, 1.54) is 6.07 Å². The van der Waals surface area contributed by atoms with Gasteiger partial charge in [0, 0.05) is 24.1 Å². The highest BCUT2D eigenvalue weighted by Gasteiger charge is 2.11. The molecule has 2 aromatic heterocycles. The van der Waals surface area contributed by atoms with E-state index in [0.717, 1.165) is 11.1 Å². The monoisotopic (exact) mass is 333 g/mol. The molecule has 23 heavy (non-hydrogen) atoms. The Kier molecular flexibility index (Phi) is 4.57. The lowest BCUT2D eigenvalue weighted by atomic mass is 9.99. The minimum absolute atomic E-state index is 0.197. The van der Waals surface area contributed by atoms with Gasteiger partial charge in [0.2, 0.25) is 6.41 Å². The van der Waals surface area contributed by atoms with Crippen molar-refractivity contribution in [1.29, 1.82) is 0 Å². The van der Waals surface area contributed by atoms with Gasteiger partial charge in [0.05, 0.1) is 6.20 Å². The summed E-state index contributed by atoms with van der Waals surface area (Å²) in [4.78, 5) is 14.7. The van der Waals surface area contributed by atoms with Crippen LogP contribution in [-0.4, -0.2) is 21.5 Å². The first-order valence-electron chi connectivity index (χ1n) is 6.93. The topological polar surface area (TPSA) is 46.4 Å². The third-order valence-electron chi connectivity index (χ3n) is 3.52. The molecule has 0 spiro atoms. The van der Waals surface area contributed by atoms with Crippen molar-refractivity contribution in [2.75, 3.05) is 11.1 Å². The number of halogens is 2. The summed E-state index contributed by atoms with van der Waals surface area (Å²) in [5, 5.41) is 2.49. The van der Waals surface area contributed by atoms with Crippen molar-refractivity contribution < 1.29 is 13.1 Å². The number of benzene rings is 1. The summed E-state index contributed by atoms with van der Waals surface area (Å²) in [6, 6.07) is 8.43. The molecule has 2 heterocycles. The molecule has 0 bridgehead atoms. The highest BCUT2D eigenvalue weighted by atomic mass is 32.2. The summed E-state index contributed by atoms with van der Waals surface area (Å²) in [7, 11) is 0. The number of hydrogen-bond acceptors (Lipinski definition) is 3. The summed E-state index contributed by atoms with van der Waals surface area (Å²) < 4.78 is 28.2. The molecule has 0 aliphatic rings. The van der Waals surface area contributed by atoms with Crippen molar-refractivity contribution >= 4 is 30.0 Å². The van der Waals surface area contributed by atoms with E-state index in [4.69, 9.17) is 0 Å². The van der Waals surface area contributed by atoms with E-state index in [9.17, 15) is 13.1 Å². The minimum Gasteiger partial charge on any atom is -0.312 e. The average Bonchev–Trinajstić information content (AvgIpc) is 2.95. The van der Waals surface area contributed by atoms with Gasteiger partial charge in [0.25, 0.3) is 0 Å². The Morgan fingerprint density at radius 2 is 2.13 bits per heavy atom. The molecule has 3 aromatic rings. The van der Waals surface area contributed by atoms with E-state index in [-0.39, 0.29) is 23.7 Å². The highest BCUT2D eigenvalue weighted by molar-refractivity contribution is 7.94. The van der Waals surface area contributed by atoms with Crippen LogP contribution in [0.5, 0.6) is 0 Å². The van der Waals surface area contributed by atoms with E-state index >= 15 is 0 Å². The van der Waals surface area contributed by atoms with Crippen molar-refractivity contribution in [1.82, 2.24) is 9.38 Å². The standard InChI is InChI=1S/C16H13F2N3OS/c17-14-3-1-2-12(13(14)6-7-23-18)11-4-5-16-20-15(19-10-22)9-21(16)8-11/h1-5,8-10H,6-7H2,(H,19,22). The number of anilines is 1. The summed E-state index contributed by atoms with van der Waals surface area (Å²) >= 11 is 0.197. The second-order valence-electron chi connectivity index (χ2n) is 4.90. The van der Waals surface area contributed by atoms with E-state index in [1.807, 2.05) is 12.1 Å². The van der Waals surface area contributed by atoms with Gasteiger partial charge in [-0.2, -0.15) is 3.89 Å². The maximum absolute atomic E-state index is 14.1. The lowest BCUT2D eigenvalue weighted by Crippen LogP contribution is -1.97. The number of amides is 1. The van der Waals surface area contributed by atoms with Crippen LogP contribution in [0.2, 0.25) is 0 Å². The van der Waals surface area contributed by atoms with E-state index in [1.54, 1.807) is 28.9 Å². The van der Waals surface area contributed by atoms with Crippen LogP contribution >= 0.6 is 12.1 Å². The predicted octanol–water partition coefficient (Wildman–Crippen LogP) is 3.87. The molecular formula is C16H13F2N3OS. The number of carbonyl (C=O) groups is 1. The average molecular weight is 333 g/mol. The Morgan fingerprint density at radius 1 is 1.26 bits per heavy atom. The molecule has 4 nitrogen and oxygen atoms in total. The first kappa shape index (κ1) is 15.5. The number of nitrogens with one attached hydrogen (secondary N) is 1. The van der Waals surface area contributed by atoms with Crippen LogP contribution in [0.4, 0.5) is 14.1 Å². The molecule has 0 fully saturated rings. The van der Waals surface area contributed by atoms with Crippen molar-refractivity contribution in [2.24, 2.45) is 0 Å². The molecule has 1 amide bonds. The van der Waals surface area contributed by atoms with Gasteiger partial charge in [0.15, 0.2) is 5.82 Å². The Hall–Kier alpha value is -2.41. The van der Waals surface area contributed by atoms with Gasteiger partial charge in [0.1, 0.15) is 11.5 Å². The second-order valence-corrected chi connectivity index (χ2v) is 5.53. The summed E-state index contributed by atoms with van der Waals surface area (Å²) in [5.41, 5.74) is 2.67. The van der Waals surface area contributed by atoms with E-state index < -0.39 is 0 Å². The van der Waals surface area contributed by atoms with Crippen LogP contribution in [0.3, 0.4) is 0 Å². The lowest BCUT2D eigenvalue weighted by Gasteiger charge is -2.10. The molecule has 3 rings (SSSR count). The molecule has 0 aliphatic heterocycles. The van der Waals surface area contributed by atoms with Crippen molar-refractivity contribution in [3.05, 3.63) is 54.1 Å². The fourth-order valence-corrected chi connectivity index (χ4v) is 2.79. The van der Waals surface area contributed by atoms with Crippen LogP contribution in [0.1, 0.15) is 5.56 Å². The number of pyridine rings is 1. The molecule has 7 heteroatoms. The zero-order valence-electron chi connectivity index (χ0n) is 12.0. The zero-order valence-corrected chi connectivity index (χ0v) is 12.8. The number of carbonyl (C=O) groups excluding carboxylic acids is 1. The predicted molar refractivity (Wildman–Crippen MR) is 87.5 cm³/mol. The maximum atomic E-state index is 14.1. The number of fused-ring (bicyclic) bond motifs is 1. The molecule has 0 radical (unpaired) electrons. The number of imidazole rings is 1. The van der Waals surface area contributed by atoms with Crippen LogP contribution < -0.4 is 5.32 Å². The first-order valence-corrected chi connectivity index (χ1v) is 7.82. The molecule has 1 N–H and O–H groups in total. The SMILES string of the molecule is O=CNc1cn2cc(-c3cccc(F)c3CCSF)ccc2n1. The van der Waals surface area contributed by atoms with Crippen LogP contribution in [-0.2, 0) is 11.2 Å². The van der Waals surface area contributed by atoms with E-state index in [0.29, 0.717) is 29.9 Å². The second kappa shape index (κ2) is 6.78. The smallest absolute Gasteiger partial charge is 0.212 e. The summed E-state index contributed by atoms with van der Waals surface area (Å²) in [6.07, 6.45) is 4.34. The molecule has 0 atom stereocenters. The largest absolute Gasteiger partial charge is 0.312 e. The Bertz CT molecular complexity index is 850. The Labute approximate surface area is 135 Å². The number of hydrogen-bond donors (Lipinski definition) is 1. The van der Waals surface area contributed by atoms with Crippen molar-refractivity contribution in [2.45, 2.75) is 6.42 Å². The van der Waals surface area contributed by atoms with Gasteiger partial charge in [-0.15, -0.1) is 0 Å². The summed E-state index contributed by atoms with van der Waals surface area (Å²) in [5.74, 6) is 0.297. The fraction of sp³-hybridized carbons (Fsp3) is 0.125. The molecular weight excluding hydrogens is 320 g/mol. The van der Waals surface area contributed by atoms with E-state index in [2.05, 4.69) is 10.3 Å². The quantitative estimate of drug-likeness (QED) is 0.697. The van der Waals surface area contributed by atoms with Crippen molar-refractivity contribution in [3.8, 4) is 11.1 Å². The molecule has 1 aromatic carbocycles. The third kappa shape index (κ3) is 3.19. The van der Waals surface area contributed by atoms with Crippen LogP contribution in [0, 0.1) is 5.82 Å². The molecule has 0 aliphatic carbocycles. The van der Waals surface area contributed by atoms with Crippen LogP contribution in [0.25, 0.3) is 16.8 Å². The first-order chi connectivity index (χ1) is 11.2. The highest BCUT2D eigenvalue weighted by Crippen LogP contribution is 2.28. The fourth-order valence-electron chi connectivity index (χ4n) is 2.50. The zero-order chi connectivity index (χ0) is 16.2. The number of nitrogens with zero attached hydrogens (tertiary/aromatic N) is 2. The molecule has 0 saturated heterocycles. The van der Waals surface area contributed by atoms with Gasteiger partial charge < -0.3 is 9.72 Å². The molecule has 0 unspecified atom stereocenters. The normalized spacial score (nSPS) is 10.9.